The Hall–Kier alpha value is -0.830. The van der Waals surface area contributed by atoms with Gasteiger partial charge in [0, 0.05) is 17.6 Å². The topological polar surface area (TPSA) is 20.3 Å². The van der Waals surface area contributed by atoms with Gasteiger partial charge in [0.1, 0.15) is 0 Å². The molecule has 1 heterocycles. The van der Waals surface area contributed by atoms with Crippen LogP contribution >= 0.6 is 15.9 Å². The summed E-state index contributed by atoms with van der Waals surface area (Å²) in [4.78, 5) is 13.9. The SMILES string of the molecule is CN1C(=O)Cc2cc(C(Br)CC3CCCC3)ccc21. The van der Waals surface area contributed by atoms with E-state index in [1.54, 1.807) is 4.90 Å². The first-order chi connectivity index (χ1) is 9.15. The minimum absolute atomic E-state index is 0.203. The zero-order valence-electron chi connectivity index (χ0n) is 11.4. The fourth-order valence-corrected chi connectivity index (χ4v) is 4.17. The molecule has 1 aliphatic carbocycles. The van der Waals surface area contributed by atoms with Crippen molar-refractivity contribution in [1.82, 2.24) is 0 Å². The molecule has 0 bridgehead atoms. The van der Waals surface area contributed by atoms with Crippen LogP contribution in [0.5, 0.6) is 0 Å². The standard InChI is InChI=1S/C16H20BrNO/c1-18-15-7-6-12(9-13(15)10-16(18)19)14(17)8-11-4-2-3-5-11/h6-7,9,11,14H,2-5,8,10H2,1H3. The Morgan fingerprint density at radius 2 is 2.11 bits per heavy atom. The summed E-state index contributed by atoms with van der Waals surface area (Å²) in [5.41, 5.74) is 3.59. The Bertz CT molecular complexity index is 494. The predicted molar refractivity (Wildman–Crippen MR) is 81.8 cm³/mol. The first-order valence-corrected chi connectivity index (χ1v) is 8.10. The van der Waals surface area contributed by atoms with Crippen LogP contribution < -0.4 is 4.90 Å². The van der Waals surface area contributed by atoms with Crippen LogP contribution in [-0.4, -0.2) is 13.0 Å². The molecular formula is C16H20BrNO. The maximum absolute atomic E-state index is 11.7. The average molecular weight is 322 g/mol. The fraction of sp³-hybridized carbons (Fsp3) is 0.562. The summed E-state index contributed by atoms with van der Waals surface area (Å²) in [6.45, 7) is 0. The Morgan fingerprint density at radius 3 is 2.84 bits per heavy atom. The van der Waals surface area contributed by atoms with E-state index in [-0.39, 0.29) is 5.91 Å². The van der Waals surface area contributed by atoms with E-state index in [0.29, 0.717) is 11.2 Å². The molecular weight excluding hydrogens is 302 g/mol. The zero-order chi connectivity index (χ0) is 13.4. The number of carbonyl (C=O) groups is 1. The zero-order valence-corrected chi connectivity index (χ0v) is 12.9. The normalized spacial score (nSPS) is 20.9. The molecule has 102 valence electrons. The van der Waals surface area contributed by atoms with Crippen LogP contribution in [0.25, 0.3) is 0 Å². The Kier molecular flexibility index (Phi) is 3.66. The quantitative estimate of drug-likeness (QED) is 0.763. The molecule has 1 atom stereocenters. The molecule has 0 saturated heterocycles. The predicted octanol–water partition coefficient (Wildman–Crippen LogP) is 4.22. The third-order valence-electron chi connectivity index (χ3n) is 4.56. The highest BCUT2D eigenvalue weighted by Gasteiger charge is 2.25. The number of rotatable bonds is 3. The lowest BCUT2D eigenvalue weighted by atomic mass is 9.96. The number of anilines is 1. The number of benzene rings is 1. The van der Waals surface area contributed by atoms with Crippen LogP contribution in [0.15, 0.2) is 18.2 Å². The molecule has 2 nitrogen and oxygen atoms in total. The lowest BCUT2D eigenvalue weighted by Crippen LogP contribution is -2.20. The summed E-state index contributed by atoms with van der Waals surface area (Å²) in [7, 11) is 1.86. The Balaban J connectivity index is 1.75. The molecule has 3 heteroatoms. The van der Waals surface area contributed by atoms with Gasteiger partial charge >= 0.3 is 0 Å². The van der Waals surface area contributed by atoms with E-state index in [1.807, 2.05) is 7.05 Å². The van der Waals surface area contributed by atoms with Gasteiger partial charge in [-0.1, -0.05) is 53.7 Å². The highest BCUT2D eigenvalue weighted by Crippen LogP contribution is 2.39. The van der Waals surface area contributed by atoms with E-state index in [4.69, 9.17) is 0 Å². The van der Waals surface area contributed by atoms with Gasteiger partial charge in [-0.2, -0.15) is 0 Å². The highest BCUT2D eigenvalue weighted by molar-refractivity contribution is 9.09. The van der Waals surface area contributed by atoms with Crippen molar-refractivity contribution in [2.45, 2.75) is 43.4 Å². The van der Waals surface area contributed by atoms with E-state index in [1.165, 1.54) is 43.2 Å². The van der Waals surface area contributed by atoms with Crippen molar-refractivity contribution in [3.05, 3.63) is 29.3 Å². The highest BCUT2D eigenvalue weighted by atomic mass is 79.9. The first kappa shape index (κ1) is 13.2. The van der Waals surface area contributed by atoms with E-state index in [0.717, 1.165) is 11.6 Å². The van der Waals surface area contributed by atoms with Gasteiger partial charge in [0.25, 0.3) is 0 Å². The van der Waals surface area contributed by atoms with Crippen molar-refractivity contribution in [1.29, 1.82) is 0 Å². The largest absolute Gasteiger partial charge is 0.315 e. The summed E-state index contributed by atoms with van der Waals surface area (Å²) in [5.74, 6) is 1.08. The van der Waals surface area contributed by atoms with Gasteiger partial charge in [0.2, 0.25) is 5.91 Å². The van der Waals surface area contributed by atoms with Crippen LogP contribution in [0.4, 0.5) is 5.69 Å². The third-order valence-corrected chi connectivity index (χ3v) is 5.46. The minimum atomic E-state index is 0.203. The number of hydrogen-bond donors (Lipinski definition) is 0. The van der Waals surface area contributed by atoms with Crippen LogP contribution in [0.2, 0.25) is 0 Å². The molecule has 1 aliphatic heterocycles. The van der Waals surface area contributed by atoms with E-state index < -0.39 is 0 Å². The van der Waals surface area contributed by atoms with Crippen molar-refractivity contribution < 1.29 is 4.79 Å². The van der Waals surface area contributed by atoms with Crippen LogP contribution in [-0.2, 0) is 11.2 Å². The molecule has 1 amide bonds. The molecule has 0 radical (unpaired) electrons. The summed E-state index contributed by atoms with van der Waals surface area (Å²) < 4.78 is 0. The number of carbonyl (C=O) groups excluding carboxylic acids is 1. The van der Waals surface area contributed by atoms with Gasteiger partial charge in [-0.15, -0.1) is 0 Å². The molecule has 19 heavy (non-hydrogen) atoms. The number of halogens is 1. The number of amides is 1. The summed E-state index contributed by atoms with van der Waals surface area (Å²) in [6, 6.07) is 6.48. The van der Waals surface area contributed by atoms with Crippen LogP contribution in [0.3, 0.4) is 0 Å². The molecule has 1 unspecified atom stereocenters. The second kappa shape index (κ2) is 5.28. The molecule has 3 rings (SSSR count). The van der Waals surface area contributed by atoms with Crippen molar-refractivity contribution in [2.75, 3.05) is 11.9 Å². The molecule has 0 spiro atoms. The van der Waals surface area contributed by atoms with Crippen molar-refractivity contribution in [3.8, 4) is 0 Å². The Labute approximate surface area is 123 Å². The molecule has 1 fully saturated rings. The summed E-state index contributed by atoms with van der Waals surface area (Å²) in [6.07, 6.45) is 7.34. The van der Waals surface area contributed by atoms with Crippen molar-refractivity contribution in [3.63, 3.8) is 0 Å². The van der Waals surface area contributed by atoms with E-state index in [9.17, 15) is 4.79 Å². The van der Waals surface area contributed by atoms with Gasteiger partial charge in [-0.05, 0) is 29.5 Å². The number of fused-ring (bicyclic) bond motifs is 1. The second-order valence-corrected chi connectivity index (χ2v) is 6.98. The molecule has 0 aromatic heterocycles. The van der Waals surface area contributed by atoms with Gasteiger partial charge in [-0.3, -0.25) is 4.79 Å². The summed E-state index contributed by atoms with van der Waals surface area (Å²) in [5, 5.41) is 0. The fourth-order valence-electron chi connectivity index (χ4n) is 3.36. The number of alkyl halides is 1. The van der Waals surface area contributed by atoms with Crippen LogP contribution in [0, 0.1) is 5.92 Å². The minimum Gasteiger partial charge on any atom is -0.315 e. The summed E-state index contributed by atoms with van der Waals surface area (Å²) >= 11 is 3.84. The maximum atomic E-state index is 11.7. The van der Waals surface area contributed by atoms with Gasteiger partial charge in [0.05, 0.1) is 6.42 Å². The average Bonchev–Trinajstić information content (AvgIpc) is 2.99. The number of nitrogens with zero attached hydrogens (tertiary/aromatic N) is 1. The number of likely N-dealkylation sites (N-methyl/N-ethyl adjacent to an activating group) is 1. The van der Waals surface area contributed by atoms with Crippen molar-refractivity contribution in [2.24, 2.45) is 5.92 Å². The van der Waals surface area contributed by atoms with Crippen molar-refractivity contribution >= 4 is 27.5 Å². The van der Waals surface area contributed by atoms with Gasteiger partial charge < -0.3 is 4.90 Å². The van der Waals surface area contributed by atoms with E-state index in [2.05, 4.69) is 34.1 Å². The first-order valence-electron chi connectivity index (χ1n) is 7.18. The second-order valence-electron chi connectivity index (χ2n) is 5.87. The molecule has 1 saturated carbocycles. The maximum Gasteiger partial charge on any atom is 0.231 e. The lowest BCUT2D eigenvalue weighted by Gasteiger charge is -2.16. The van der Waals surface area contributed by atoms with Gasteiger partial charge in [0.15, 0.2) is 0 Å². The lowest BCUT2D eigenvalue weighted by molar-refractivity contribution is -0.117. The monoisotopic (exact) mass is 321 g/mol. The molecule has 0 N–H and O–H groups in total. The molecule has 1 aromatic rings. The number of hydrogen-bond acceptors (Lipinski definition) is 1. The van der Waals surface area contributed by atoms with E-state index >= 15 is 0 Å². The third kappa shape index (κ3) is 2.58. The molecule has 2 aliphatic rings. The smallest absolute Gasteiger partial charge is 0.231 e. The Morgan fingerprint density at radius 1 is 1.37 bits per heavy atom. The van der Waals surface area contributed by atoms with Crippen LogP contribution in [0.1, 0.15) is 48.1 Å². The van der Waals surface area contributed by atoms with Gasteiger partial charge in [-0.25, -0.2) is 0 Å². The molecule has 1 aromatic carbocycles.